The first-order valence-electron chi connectivity index (χ1n) is 3.77. The zero-order valence-electron chi connectivity index (χ0n) is 6.92. The summed E-state index contributed by atoms with van der Waals surface area (Å²) in [6.07, 6.45) is 0. The quantitative estimate of drug-likeness (QED) is 0.623. The second-order valence-corrected chi connectivity index (χ2v) is 2.42. The summed E-state index contributed by atoms with van der Waals surface area (Å²) in [4.78, 5) is 0. The van der Waals surface area contributed by atoms with Crippen molar-refractivity contribution in [3.8, 4) is 11.8 Å². The van der Waals surface area contributed by atoms with Gasteiger partial charge in [-0.1, -0.05) is 11.8 Å². The molecule has 0 unspecified atom stereocenters. The maximum atomic E-state index is 12.6. The van der Waals surface area contributed by atoms with Gasteiger partial charge in [-0.25, -0.2) is 4.39 Å². The van der Waals surface area contributed by atoms with E-state index in [2.05, 4.69) is 11.8 Å². The van der Waals surface area contributed by atoms with Gasteiger partial charge in [0.25, 0.3) is 0 Å². The Kier molecular flexibility index (Phi) is 3.44. The van der Waals surface area contributed by atoms with Crippen LogP contribution < -0.4 is 0 Å². The Balaban J connectivity index is 3.06. The zero-order valence-corrected chi connectivity index (χ0v) is 6.92. The van der Waals surface area contributed by atoms with Gasteiger partial charge in [0.2, 0.25) is 0 Å². The third kappa shape index (κ3) is 2.55. The van der Waals surface area contributed by atoms with Crippen molar-refractivity contribution in [2.45, 2.75) is 6.61 Å². The molecule has 0 spiro atoms. The lowest BCUT2D eigenvalue weighted by atomic mass is 10.1. The Labute approximate surface area is 75.6 Å². The normalized spacial score (nSPS) is 9.15. The standard InChI is InChI=1S/C10H9FO2/c11-10-4-3-8(2-1-5-12)9(6-10)7-13/h3-4,6,12-13H,5,7H2. The number of benzene rings is 1. The number of aliphatic hydroxyl groups excluding tert-OH is 2. The Hall–Kier alpha value is -1.37. The molecular formula is C10H9FO2. The average molecular weight is 180 g/mol. The largest absolute Gasteiger partial charge is 0.392 e. The van der Waals surface area contributed by atoms with Gasteiger partial charge in [0.1, 0.15) is 12.4 Å². The Bertz CT molecular complexity index is 350. The van der Waals surface area contributed by atoms with Crippen molar-refractivity contribution in [1.29, 1.82) is 0 Å². The van der Waals surface area contributed by atoms with Gasteiger partial charge in [0.15, 0.2) is 0 Å². The van der Waals surface area contributed by atoms with Crippen LogP contribution in [0.4, 0.5) is 4.39 Å². The smallest absolute Gasteiger partial charge is 0.123 e. The molecule has 13 heavy (non-hydrogen) atoms. The summed E-state index contributed by atoms with van der Waals surface area (Å²) < 4.78 is 12.6. The number of rotatable bonds is 1. The van der Waals surface area contributed by atoms with Crippen molar-refractivity contribution in [3.63, 3.8) is 0 Å². The molecule has 0 aromatic heterocycles. The summed E-state index contributed by atoms with van der Waals surface area (Å²) in [6, 6.07) is 3.96. The van der Waals surface area contributed by atoms with Crippen LogP contribution in [0.15, 0.2) is 18.2 Å². The molecule has 2 nitrogen and oxygen atoms in total. The first kappa shape index (κ1) is 9.72. The molecule has 1 aromatic rings. The number of hydrogen-bond acceptors (Lipinski definition) is 2. The molecule has 1 rings (SSSR count). The monoisotopic (exact) mass is 180 g/mol. The van der Waals surface area contributed by atoms with Gasteiger partial charge in [0, 0.05) is 5.56 Å². The van der Waals surface area contributed by atoms with Gasteiger partial charge in [0.05, 0.1) is 6.61 Å². The highest BCUT2D eigenvalue weighted by molar-refractivity contribution is 5.41. The van der Waals surface area contributed by atoms with Gasteiger partial charge in [-0.05, 0) is 23.8 Å². The van der Waals surface area contributed by atoms with Crippen LogP contribution in [0.25, 0.3) is 0 Å². The molecule has 0 aliphatic carbocycles. The number of aliphatic hydroxyl groups is 2. The predicted molar refractivity (Wildman–Crippen MR) is 46.3 cm³/mol. The maximum Gasteiger partial charge on any atom is 0.123 e. The van der Waals surface area contributed by atoms with Crippen LogP contribution in [-0.2, 0) is 6.61 Å². The maximum absolute atomic E-state index is 12.6. The van der Waals surface area contributed by atoms with Crippen LogP contribution in [0, 0.1) is 17.7 Å². The molecule has 0 radical (unpaired) electrons. The van der Waals surface area contributed by atoms with Crippen molar-refractivity contribution in [3.05, 3.63) is 35.1 Å². The van der Waals surface area contributed by atoms with Crippen molar-refractivity contribution < 1.29 is 14.6 Å². The lowest BCUT2D eigenvalue weighted by Crippen LogP contribution is -1.91. The van der Waals surface area contributed by atoms with Crippen molar-refractivity contribution in [2.75, 3.05) is 6.61 Å². The van der Waals surface area contributed by atoms with Crippen LogP contribution in [0.2, 0.25) is 0 Å². The van der Waals surface area contributed by atoms with E-state index in [1.807, 2.05) is 0 Å². The summed E-state index contributed by atoms with van der Waals surface area (Å²) in [7, 11) is 0. The Morgan fingerprint density at radius 3 is 2.69 bits per heavy atom. The minimum absolute atomic E-state index is 0.248. The van der Waals surface area contributed by atoms with Gasteiger partial charge in [-0.15, -0.1) is 0 Å². The summed E-state index contributed by atoms with van der Waals surface area (Å²) in [5.74, 6) is 4.64. The topological polar surface area (TPSA) is 40.5 Å². The molecule has 0 atom stereocenters. The molecule has 0 aliphatic heterocycles. The fourth-order valence-corrected chi connectivity index (χ4v) is 0.950. The summed E-state index contributed by atoms with van der Waals surface area (Å²) >= 11 is 0. The van der Waals surface area contributed by atoms with Crippen LogP contribution in [0.3, 0.4) is 0 Å². The fraction of sp³-hybridized carbons (Fsp3) is 0.200. The first-order valence-corrected chi connectivity index (χ1v) is 3.77. The number of halogens is 1. The van der Waals surface area contributed by atoms with E-state index >= 15 is 0 Å². The van der Waals surface area contributed by atoms with Gasteiger partial charge < -0.3 is 10.2 Å². The average Bonchev–Trinajstić information content (AvgIpc) is 2.16. The van der Waals surface area contributed by atoms with E-state index in [4.69, 9.17) is 10.2 Å². The van der Waals surface area contributed by atoms with Gasteiger partial charge >= 0.3 is 0 Å². The molecule has 0 saturated heterocycles. The minimum Gasteiger partial charge on any atom is -0.392 e. The molecule has 0 amide bonds. The third-order valence-electron chi connectivity index (χ3n) is 1.54. The first-order chi connectivity index (χ1) is 6.27. The van der Waals surface area contributed by atoms with Gasteiger partial charge in [-0.2, -0.15) is 0 Å². The van der Waals surface area contributed by atoms with E-state index in [1.54, 1.807) is 0 Å². The SMILES string of the molecule is OCC#Cc1ccc(F)cc1CO. The Morgan fingerprint density at radius 2 is 2.08 bits per heavy atom. The second-order valence-electron chi connectivity index (χ2n) is 2.42. The molecule has 68 valence electrons. The minimum atomic E-state index is -0.404. The highest BCUT2D eigenvalue weighted by atomic mass is 19.1. The number of hydrogen-bond donors (Lipinski definition) is 2. The van der Waals surface area contributed by atoms with Crippen LogP contribution in [0.1, 0.15) is 11.1 Å². The summed E-state index contributed by atoms with van der Waals surface area (Å²) in [5.41, 5.74) is 0.971. The van der Waals surface area contributed by atoms with E-state index < -0.39 is 5.82 Å². The van der Waals surface area contributed by atoms with Crippen molar-refractivity contribution in [2.24, 2.45) is 0 Å². The molecule has 0 heterocycles. The molecule has 0 saturated carbocycles. The van der Waals surface area contributed by atoms with Crippen LogP contribution in [-0.4, -0.2) is 16.8 Å². The predicted octanol–water partition coefficient (Wildman–Crippen LogP) is 0.662. The Morgan fingerprint density at radius 1 is 1.31 bits per heavy atom. The van der Waals surface area contributed by atoms with E-state index in [0.717, 1.165) is 0 Å². The zero-order chi connectivity index (χ0) is 9.68. The summed E-state index contributed by atoms with van der Waals surface area (Å²) in [6.45, 7) is -0.505. The lowest BCUT2D eigenvalue weighted by Gasteiger charge is -1.99. The third-order valence-corrected chi connectivity index (χ3v) is 1.54. The molecule has 0 fully saturated rings. The fourth-order valence-electron chi connectivity index (χ4n) is 0.950. The van der Waals surface area contributed by atoms with Crippen molar-refractivity contribution >= 4 is 0 Å². The van der Waals surface area contributed by atoms with E-state index in [1.165, 1.54) is 18.2 Å². The van der Waals surface area contributed by atoms with Crippen molar-refractivity contribution in [1.82, 2.24) is 0 Å². The molecule has 1 aromatic carbocycles. The van der Waals surface area contributed by atoms with Crippen LogP contribution >= 0.6 is 0 Å². The lowest BCUT2D eigenvalue weighted by molar-refractivity contribution is 0.281. The molecule has 0 bridgehead atoms. The summed E-state index contributed by atoms with van der Waals surface area (Å²) in [5, 5.41) is 17.3. The highest BCUT2D eigenvalue weighted by Crippen LogP contribution is 2.09. The second kappa shape index (κ2) is 4.61. The van der Waals surface area contributed by atoms with Crippen LogP contribution in [0.5, 0.6) is 0 Å². The highest BCUT2D eigenvalue weighted by Gasteiger charge is 1.99. The molecule has 3 heteroatoms. The van der Waals surface area contributed by atoms with Gasteiger partial charge in [-0.3, -0.25) is 0 Å². The van der Waals surface area contributed by atoms with E-state index in [0.29, 0.717) is 11.1 Å². The molecule has 2 N–H and O–H groups in total. The van der Waals surface area contributed by atoms with E-state index in [-0.39, 0.29) is 13.2 Å². The van der Waals surface area contributed by atoms with E-state index in [9.17, 15) is 4.39 Å². The molecular weight excluding hydrogens is 171 g/mol. The molecule has 0 aliphatic rings.